The summed E-state index contributed by atoms with van der Waals surface area (Å²) in [5.74, 6) is 0.556. The first kappa shape index (κ1) is 11.2. The van der Waals surface area contributed by atoms with Crippen LogP contribution in [0.1, 0.15) is 47.0 Å². The van der Waals surface area contributed by atoms with Gasteiger partial charge < -0.3 is 0 Å². The molecule has 0 saturated carbocycles. The van der Waals surface area contributed by atoms with Crippen LogP contribution in [0, 0.1) is 5.92 Å². The number of rotatable bonds is 4. The quantitative estimate of drug-likeness (QED) is 0.679. The lowest BCUT2D eigenvalue weighted by Crippen LogP contribution is -2.31. The van der Waals surface area contributed by atoms with Gasteiger partial charge in [-0.05, 0) is 18.8 Å². The van der Waals surface area contributed by atoms with Crippen molar-refractivity contribution in [2.24, 2.45) is 11.0 Å². The summed E-state index contributed by atoms with van der Waals surface area (Å²) in [7, 11) is 0. The van der Waals surface area contributed by atoms with Crippen LogP contribution < -0.4 is 0 Å². The topological polar surface area (TPSA) is 32.7 Å². The van der Waals surface area contributed by atoms with Crippen molar-refractivity contribution >= 4 is 11.6 Å². The Morgan fingerprint density at radius 3 is 2.29 bits per heavy atom. The predicted molar refractivity (Wildman–Crippen MR) is 58.1 cm³/mol. The first-order valence-corrected chi connectivity index (χ1v) is 5.49. The molecule has 0 bridgehead atoms. The van der Waals surface area contributed by atoms with Crippen LogP contribution in [0.15, 0.2) is 5.10 Å². The summed E-state index contributed by atoms with van der Waals surface area (Å²) in [5.41, 5.74) is 1.03. The molecule has 1 aliphatic rings. The van der Waals surface area contributed by atoms with Gasteiger partial charge in [-0.3, -0.25) is 4.79 Å². The summed E-state index contributed by atoms with van der Waals surface area (Å²) in [6.07, 6.45) is 2.49. The fourth-order valence-corrected chi connectivity index (χ4v) is 1.70. The maximum atomic E-state index is 11.7. The highest BCUT2D eigenvalue weighted by atomic mass is 16.2. The van der Waals surface area contributed by atoms with E-state index in [0.717, 1.165) is 18.6 Å². The van der Waals surface area contributed by atoms with Crippen molar-refractivity contribution in [3.8, 4) is 0 Å². The van der Waals surface area contributed by atoms with Crippen molar-refractivity contribution < 1.29 is 4.79 Å². The summed E-state index contributed by atoms with van der Waals surface area (Å²) >= 11 is 0. The average Bonchev–Trinajstić information content (AvgIpc) is 2.51. The Morgan fingerprint density at radius 1 is 1.36 bits per heavy atom. The van der Waals surface area contributed by atoms with Crippen LogP contribution in [0.3, 0.4) is 0 Å². The van der Waals surface area contributed by atoms with E-state index in [1.165, 1.54) is 0 Å². The molecule has 3 nitrogen and oxygen atoms in total. The molecule has 0 unspecified atom stereocenters. The standard InChI is InChI=1S/C11H20N2O/c1-5-9(6-2)13-11(14)7-10(12-13)8(3)4/h8-9H,5-7H2,1-4H3. The number of nitrogens with zero attached hydrogens (tertiary/aromatic N) is 2. The second-order valence-corrected chi connectivity index (χ2v) is 4.13. The zero-order chi connectivity index (χ0) is 10.7. The van der Waals surface area contributed by atoms with Gasteiger partial charge in [0.2, 0.25) is 5.91 Å². The van der Waals surface area contributed by atoms with Crippen molar-refractivity contribution in [3.05, 3.63) is 0 Å². The minimum atomic E-state index is 0.169. The highest BCUT2D eigenvalue weighted by Gasteiger charge is 2.29. The van der Waals surface area contributed by atoms with E-state index in [1.807, 2.05) is 0 Å². The van der Waals surface area contributed by atoms with Crippen molar-refractivity contribution in [1.82, 2.24) is 5.01 Å². The molecule has 1 aliphatic heterocycles. The molecular weight excluding hydrogens is 176 g/mol. The SMILES string of the molecule is CCC(CC)N1N=C(C(C)C)CC1=O. The molecule has 14 heavy (non-hydrogen) atoms. The Morgan fingerprint density at radius 2 is 1.93 bits per heavy atom. The van der Waals surface area contributed by atoms with Crippen LogP contribution in [0.4, 0.5) is 0 Å². The van der Waals surface area contributed by atoms with Crippen LogP contribution in [-0.2, 0) is 4.79 Å². The summed E-state index contributed by atoms with van der Waals surface area (Å²) in [5, 5.41) is 6.10. The molecule has 1 amide bonds. The van der Waals surface area contributed by atoms with E-state index in [1.54, 1.807) is 5.01 Å². The molecule has 0 fully saturated rings. The third kappa shape index (κ3) is 2.14. The second-order valence-electron chi connectivity index (χ2n) is 4.13. The van der Waals surface area contributed by atoms with Crippen LogP contribution in [0.2, 0.25) is 0 Å². The lowest BCUT2D eigenvalue weighted by Gasteiger charge is -2.21. The van der Waals surface area contributed by atoms with Gasteiger partial charge >= 0.3 is 0 Å². The van der Waals surface area contributed by atoms with Crippen molar-refractivity contribution in [1.29, 1.82) is 0 Å². The van der Waals surface area contributed by atoms with Gasteiger partial charge in [-0.15, -0.1) is 0 Å². The summed E-state index contributed by atoms with van der Waals surface area (Å²) in [6.45, 7) is 8.37. The van der Waals surface area contributed by atoms with E-state index < -0.39 is 0 Å². The Balaban J connectivity index is 2.74. The first-order valence-electron chi connectivity index (χ1n) is 5.49. The number of hydrogen-bond acceptors (Lipinski definition) is 2. The van der Waals surface area contributed by atoms with Crippen molar-refractivity contribution in [2.75, 3.05) is 0 Å². The predicted octanol–water partition coefficient (Wildman–Crippen LogP) is 2.42. The molecule has 0 aromatic carbocycles. The van der Waals surface area contributed by atoms with Gasteiger partial charge in [0.05, 0.1) is 18.2 Å². The van der Waals surface area contributed by atoms with E-state index in [-0.39, 0.29) is 5.91 Å². The molecule has 0 spiro atoms. The third-order valence-corrected chi connectivity index (χ3v) is 2.78. The molecule has 3 heteroatoms. The van der Waals surface area contributed by atoms with Gasteiger partial charge in [0, 0.05) is 0 Å². The van der Waals surface area contributed by atoms with Gasteiger partial charge in [-0.25, -0.2) is 5.01 Å². The summed E-state index contributed by atoms with van der Waals surface area (Å²) in [4.78, 5) is 11.7. The molecule has 1 heterocycles. The molecule has 80 valence electrons. The molecule has 0 aliphatic carbocycles. The number of hydrazone groups is 1. The minimum absolute atomic E-state index is 0.169. The molecule has 0 aromatic rings. The molecule has 1 rings (SSSR count). The lowest BCUT2D eigenvalue weighted by molar-refractivity contribution is -0.131. The van der Waals surface area contributed by atoms with Gasteiger partial charge in [-0.1, -0.05) is 27.7 Å². The van der Waals surface area contributed by atoms with Crippen molar-refractivity contribution in [3.63, 3.8) is 0 Å². The molecule has 0 radical (unpaired) electrons. The van der Waals surface area contributed by atoms with Crippen LogP contribution in [-0.4, -0.2) is 22.7 Å². The van der Waals surface area contributed by atoms with Gasteiger partial charge in [0.1, 0.15) is 0 Å². The summed E-state index contributed by atoms with van der Waals surface area (Å²) in [6, 6.07) is 0.291. The monoisotopic (exact) mass is 196 g/mol. The fraction of sp³-hybridized carbons (Fsp3) is 0.818. The maximum Gasteiger partial charge on any atom is 0.248 e. The van der Waals surface area contributed by atoms with Gasteiger partial charge in [0.15, 0.2) is 0 Å². The molecule has 0 aromatic heterocycles. The molecule has 0 saturated heterocycles. The Hall–Kier alpha value is -0.860. The fourth-order valence-electron chi connectivity index (χ4n) is 1.70. The van der Waals surface area contributed by atoms with E-state index in [0.29, 0.717) is 18.4 Å². The molecule has 0 N–H and O–H groups in total. The second kappa shape index (κ2) is 4.58. The zero-order valence-electron chi connectivity index (χ0n) is 9.58. The van der Waals surface area contributed by atoms with Gasteiger partial charge in [0.25, 0.3) is 0 Å². The van der Waals surface area contributed by atoms with Crippen LogP contribution in [0.5, 0.6) is 0 Å². The highest BCUT2D eigenvalue weighted by Crippen LogP contribution is 2.19. The largest absolute Gasteiger partial charge is 0.273 e. The Kier molecular flexibility index (Phi) is 3.67. The smallest absolute Gasteiger partial charge is 0.248 e. The van der Waals surface area contributed by atoms with Gasteiger partial charge in [-0.2, -0.15) is 5.10 Å². The number of hydrogen-bond donors (Lipinski definition) is 0. The zero-order valence-corrected chi connectivity index (χ0v) is 9.58. The van der Waals surface area contributed by atoms with E-state index in [2.05, 4.69) is 32.8 Å². The Labute approximate surface area is 86.2 Å². The summed E-state index contributed by atoms with van der Waals surface area (Å²) < 4.78 is 0. The number of carbonyl (C=O) groups is 1. The van der Waals surface area contributed by atoms with E-state index >= 15 is 0 Å². The van der Waals surface area contributed by atoms with E-state index in [4.69, 9.17) is 0 Å². The maximum absolute atomic E-state index is 11.7. The number of carbonyl (C=O) groups excluding carboxylic acids is 1. The third-order valence-electron chi connectivity index (χ3n) is 2.78. The minimum Gasteiger partial charge on any atom is -0.273 e. The Bertz CT molecular complexity index is 242. The lowest BCUT2D eigenvalue weighted by atomic mass is 10.1. The van der Waals surface area contributed by atoms with Crippen molar-refractivity contribution in [2.45, 2.75) is 53.0 Å². The first-order chi connectivity index (χ1) is 6.60. The van der Waals surface area contributed by atoms with Crippen LogP contribution >= 0.6 is 0 Å². The van der Waals surface area contributed by atoms with E-state index in [9.17, 15) is 4.79 Å². The van der Waals surface area contributed by atoms with Crippen LogP contribution in [0.25, 0.3) is 0 Å². The number of amides is 1. The average molecular weight is 196 g/mol. The normalized spacial score (nSPS) is 17.1. The highest BCUT2D eigenvalue weighted by molar-refractivity contribution is 6.05. The molecular formula is C11H20N2O. The molecule has 0 atom stereocenters.